The fraction of sp³-hybridized carbons (Fsp3) is 0.0833. The first-order chi connectivity index (χ1) is 6.90. The summed E-state index contributed by atoms with van der Waals surface area (Å²) < 4.78 is 5.50. The summed E-state index contributed by atoms with van der Waals surface area (Å²) in [6.45, 7) is 0.529. The van der Waals surface area contributed by atoms with E-state index in [4.69, 9.17) is 4.74 Å². The molecule has 0 saturated carbocycles. The zero-order chi connectivity index (χ0) is 9.80. The van der Waals surface area contributed by atoms with Crippen LogP contribution < -0.4 is 4.74 Å². The summed E-state index contributed by atoms with van der Waals surface area (Å²) in [5, 5.41) is 0. The Bertz CT molecular complexity index is 403. The third-order valence-electron chi connectivity index (χ3n) is 2.04. The van der Waals surface area contributed by atoms with E-state index in [1.165, 1.54) is 6.08 Å². The van der Waals surface area contributed by atoms with Gasteiger partial charge in [0.15, 0.2) is 0 Å². The second-order valence-electron chi connectivity index (χ2n) is 3.04. The molecule has 2 heteroatoms. The number of fused-ring (bicyclic) bond motifs is 1. The van der Waals surface area contributed by atoms with Crippen LogP contribution in [0.15, 0.2) is 42.0 Å². The first-order valence-corrected chi connectivity index (χ1v) is 4.44. The van der Waals surface area contributed by atoms with Crippen molar-refractivity contribution in [2.45, 2.75) is 0 Å². The number of ether oxygens (including phenoxy) is 1. The number of carbonyl (C=O) groups is 1. The summed E-state index contributed by atoms with van der Waals surface area (Å²) in [7, 11) is 0. The van der Waals surface area contributed by atoms with E-state index < -0.39 is 0 Å². The minimum Gasteiger partial charge on any atom is -0.488 e. The van der Waals surface area contributed by atoms with Gasteiger partial charge in [0.05, 0.1) is 0 Å². The van der Waals surface area contributed by atoms with Gasteiger partial charge in [0, 0.05) is 5.56 Å². The van der Waals surface area contributed by atoms with Gasteiger partial charge in [-0.1, -0.05) is 24.3 Å². The van der Waals surface area contributed by atoms with Crippen LogP contribution in [0.4, 0.5) is 0 Å². The van der Waals surface area contributed by atoms with Gasteiger partial charge in [0.25, 0.3) is 0 Å². The quantitative estimate of drug-likeness (QED) is 0.523. The van der Waals surface area contributed by atoms with Crippen molar-refractivity contribution in [1.82, 2.24) is 0 Å². The molecular weight excluding hydrogens is 176 g/mol. The number of hydrogen-bond acceptors (Lipinski definition) is 2. The fourth-order valence-electron chi connectivity index (χ4n) is 1.39. The van der Waals surface area contributed by atoms with Crippen LogP contribution >= 0.6 is 0 Å². The third-order valence-corrected chi connectivity index (χ3v) is 2.04. The number of carbonyl (C=O) groups excluding carboxylic acids is 1. The van der Waals surface area contributed by atoms with Gasteiger partial charge < -0.3 is 4.74 Å². The van der Waals surface area contributed by atoms with Gasteiger partial charge in [-0.2, -0.15) is 0 Å². The lowest BCUT2D eigenvalue weighted by Crippen LogP contribution is -2.05. The van der Waals surface area contributed by atoms with Crippen molar-refractivity contribution in [1.29, 1.82) is 0 Å². The fourth-order valence-corrected chi connectivity index (χ4v) is 1.39. The maximum absolute atomic E-state index is 10.1. The Balaban J connectivity index is 2.31. The number of allylic oxidation sites excluding steroid dienone is 1. The molecule has 2 rings (SSSR count). The van der Waals surface area contributed by atoms with E-state index >= 15 is 0 Å². The number of benzene rings is 1. The molecule has 0 amide bonds. The van der Waals surface area contributed by atoms with Gasteiger partial charge in [0.1, 0.15) is 18.6 Å². The van der Waals surface area contributed by atoms with Gasteiger partial charge in [-0.25, -0.2) is 0 Å². The molecule has 0 fully saturated rings. The van der Waals surface area contributed by atoms with Crippen molar-refractivity contribution in [2.75, 3.05) is 6.61 Å². The Kier molecular flexibility index (Phi) is 2.45. The lowest BCUT2D eigenvalue weighted by atomic mass is 10.1. The number of aldehydes is 1. The van der Waals surface area contributed by atoms with Crippen molar-refractivity contribution in [2.24, 2.45) is 0 Å². The topological polar surface area (TPSA) is 26.3 Å². The highest BCUT2D eigenvalue weighted by molar-refractivity contribution is 5.69. The summed E-state index contributed by atoms with van der Waals surface area (Å²) in [5.41, 5.74) is 2.07. The van der Waals surface area contributed by atoms with Crippen LogP contribution in [0, 0.1) is 0 Å². The van der Waals surface area contributed by atoms with Crippen LogP contribution in [0.3, 0.4) is 0 Å². The lowest BCUT2D eigenvalue weighted by molar-refractivity contribution is -0.104. The Morgan fingerprint density at radius 2 is 2.14 bits per heavy atom. The molecule has 1 aliphatic rings. The molecule has 2 nitrogen and oxygen atoms in total. The van der Waals surface area contributed by atoms with E-state index in [1.807, 2.05) is 30.3 Å². The van der Waals surface area contributed by atoms with Gasteiger partial charge in [-0.3, -0.25) is 4.79 Å². The number of para-hydroxylation sites is 1. The van der Waals surface area contributed by atoms with Gasteiger partial charge in [-0.05, 0) is 23.8 Å². The Labute approximate surface area is 82.5 Å². The second-order valence-corrected chi connectivity index (χ2v) is 3.04. The largest absolute Gasteiger partial charge is 0.488 e. The first kappa shape index (κ1) is 8.75. The predicted molar refractivity (Wildman–Crippen MR) is 55.1 cm³/mol. The predicted octanol–water partition coefficient (Wildman–Crippen LogP) is 2.22. The molecule has 1 aromatic carbocycles. The van der Waals surface area contributed by atoms with Crippen LogP contribution in [-0.4, -0.2) is 12.9 Å². The molecule has 0 spiro atoms. The molecule has 70 valence electrons. The highest BCUT2D eigenvalue weighted by Crippen LogP contribution is 2.25. The van der Waals surface area contributed by atoms with Crippen molar-refractivity contribution in [3.05, 3.63) is 47.6 Å². The highest BCUT2D eigenvalue weighted by Gasteiger charge is 2.07. The van der Waals surface area contributed by atoms with E-state index in [-0.39, 0.29) is 0 Å². The summed E-state index contributed by atoms with van der Waals surface area (Å²) in [6.07, 6.45) is 6.03. The van der Waals surface area contributed by atoms with Crippen LogP contribution in [0.5, 0.6) is 5.75 Å². The molecule has 1 heterocycles. The monoisotopic (exact) mass is 186 g/mol. The molecule has 1 aromatic rings. The zero-order valence-corrected chi connectivity index (χ0v) is 7.64. The van der Waals surface area contributed by atoms with E-state index in [9.17, 15) is 4.79 Å². The van der Waals surface area contributed by atoms with E-state index in [0.29, 0.717) is 6.61 Å². The average Bonchev–Trinajstić information content (AvgIpc) is 2.26. The van der Waals surface area contributed by atoms with Crippen molar-refractivity contribution >= 4 is 12.4 Å². The normalized spacial score (nSPS) is 14.4. The highest BCUT2D eigenvalue weighted by atomic mass is 16.5. The van der Waals surface area contributed by atoms with Crippen LogP contribution in [0.25, 0.3) is 6.08 Å². The summed E-state index contributed by atoms with van der Waals surface area (Å²) >= 11 is 0. The molecule has 14 heavy (non-hydrogen) atoms. The minimum atomic E-state index is 0.529. The van der Waals surface area contributed by atoms with Crippen LogP contribution in [0.2, 0.25) is 0 Å². The molecule has 0 unspecified atom stereocenters. The van der Waals surface area contributed by atoms with Crippen molar-refractivity contribution in [3.8, 4) is 5.75 Å². The molecule has 0 radical (unpaired) electrons. The van der Waals surface area contributed by atoms with Crippen molar-refractivity contribution in [3.63, 3.8) is 0 Å². The molecule has 0 bridgehead atoms. The third kappa shape index (κ3) is 1.74. The van der Waals surface area contributed by atoms with Gasteiger partial charge in [0.2, 0.25) is 0 Å². The average molecular weight is 186 g/mol. The summed E-state index contributed by atoms with van der Waals surface area (Å²) in [4.78, 5) is 10.1. The first-order valence-electron chi connectivity index (χ1n) is 4.44. The molecule has 0 saturated heterocycles. The smallest absolute Gasteiger partial charge is 0.142 e. The summed E-state index contributed by atoms with van der Waals surface area (Å²) in [6, 6.07) is 7.83. The van der Waals surface area contributed by atoms with E-state index in [2.05, 4.69) is 0 Å². The standard InChI is InChI=1S/C12H10O2/c13-7-3-4-10-8-11-5-1-2-6-12(11)14-9-10/h1-8H,9H2/b4-3+. The van der Waals surface area contributed by atoms with Crippen LogP contribution in [0.1, 0.15) is 5.56 Å². The molecule has 0 atom stereocenters. The zero-order valence-electron chi connectivity index (χ0n) is 7.64. The number of rotatable bonds is 2. The second kappa shape index (κ2) is 3.92. The molecule has 1 aliphatic heterocycles. The molecule has 0 N–H and O–H groups in total. The SMILES string of the molecule is O=C/C=C/C1=Cc2ccccc2OC1. The Morgan fingerprint density at radius 3 is 3.00 bits per heavy atom. The van der Waals surface area contributed by atoms with Crippen molar-refractivity contribution < 1.29 is 9.53 Å². The number of hydrogen-bond donors (Lipinski definition) is 0. The van der Waals surface area contributed by atoms with Crippen LogP contribution in [-0.2, 0) is 4.79 Å². The van der Waals surface area contributed by atoms with E-state index in [0.717, 1.165) is 23.2 Å². The Morgan fingerprint density at radius 1 is 1.29 bits per heavy atom. The van der Waals surface area contributed by atoms with Gasteiger partial charge >= 0.3 is 0 Å². The summed E-state index contributed by atoms with van der Waals surface area (Å²) in [5.74, 6) is 0.899. The lowest BCUT2D eigenvalue weighted by Gasteiger charge is -2.15. The molecule has 0 aromatic heterocycles. The minimum absolute atomic E-state index is 0.529. The molecule has 0 aliphatic carbocycles. The van der Waals surface area contributed by atoms with E-state index in [1.54, 1.807) is 6.08 Å². The van der Waals surface area contributed by atoms with Gasteiger partial charge in [-0.15, -0.1) is 0 Å². The Hall–Kier alpha value is -1.83. The maximum atomic E-state index is 10.1. The molecular formula is C12H10O2. The maximum Gasteiger partial charge on any atom is 0.142 e.